The second kappa shape index (κ2) is 4.01. The molecule has 0 radical (unpaired) electrons. The molecule has 7 heteroatoms. The summed E-state index contributed by atoms with van der Waals surface area (Å²) in [5, 5.41) is 7.61. The maximum Gasteiger partial charge on any atom is 0.276 e. The largest absolute Gasteiger partial charge is 0.350 e. The van der Waals surface area contributed by atoms with Crippen LogP contribution in [0.3, 0.4) is 0 Å². The molecule has 2 fully saturated rings. The number of amides is 1. The fourth-order valence-corrected chi connectivity index (χ4v) is 2.43. The summed E-state index contributed by atoms with van der Waals surface area (Å²) in [5.41, 5.74) is 0.336. The van der Waals surface area contributed by atoms with Crippen molar-refractivity contribution >= 4 is 5.91 Å². The van der Waals surface area contributed by atoms with Crippen LogP contribution < -0.4 is 0 Å². The Morgan fingerprint density at radius 3 is 2.47 bits per heavy atom. The molecule has 2 aliphatic rings. The van der Waals surface area contributed by atoms with Crippen molar-refractivity contribution in [3.05, 3.63) is 11.9 Å². The van der Waals surface area contributed by atoms with Crippen molar-refractivity contribution < 1.29 is 14.3 Å². The first-order valence-electron chi connectivity index (χ1n) is 6.33. The maximum atomic E-state index is 12.1. The van der Waals surface area contributed by atoms with Gasteiger partial charge >= 0.3 is 0 Å². The van der Waals surface area contributed by atoms with Gasteiger partial charge in [-0.05, 0) is 13.8 Å². The van der Waals surface area contributed by atoms with E-state index >= 15 is 0 Å². The Morgan fingerprint density at radius 2 is 1.95 bits per heavy atom. The standard InChI is InChI=1S/C12H18N4O3/c1-11(2)18-7-12(8-19-11)5-16(6-12)10(17)9-4-15(3)14-13-9/h4H,5-8H2,1-3H3. The van der Waals surface area contributed by atoms with Gasteiger partial charge in [0.05, 0.1) is 24.8 Å². The lowest BCUT2D eigenvalue weighted by atomic mass is 9.80. The zero-order valence-electron chi connectivity index (χ0n) is 11.4. The molecule has 0 aliphatic carbocycles. The average molecular weight is 266 g/mol. The minimum Gasteiger partial charge on any atom is -0.350 e. The predicted octanol–water partition coefficient (Wildman–Crippen LogP) is 0.0402. The van der Waals surface area contributed by atoms with Crippen LogP contribution in [0, 0.1) is 5.41 Å². The molecule has 104 valence electrons. The van der Waals surface area contributed by atoms with Gasteiger partial charge in [0.15, 0.2) is 11.5 Å². The highest BCUT2D eigenvalue weighted by atomic mass is 16.7. The van der Waals surface area contributed by atoms with E-state index < -0.39 is 5.79 Å². The number of hydrogen-bond donors (Lipinski definition) is 0. The number of carbonyl (C=O) groups excluding carboxylic acids is 1. The number of likely N-dealkylation sites (tertiary alicyclic amines) is 1. The van der Waals surface area contributed by atoms with Crippen LogP contribution in [0.2, 0.25) is 0 Å². The lowest BCUT2D eigenvalue weighted by Gasteiger charge is -2.53. The summed E-state index contributed by atoms with van der Waals surface area (Å²) in [6.07, 6.45) is 1.63. The summed E-state index contributed by atoms with van der Waals surface area (Å²) in [6.45, 7) is 6.37. The zero-order valence-corrected chi connectivity index (χ0v) is 11.4. The van der Waals surface area contributed by atoms with E-state index in [0.717, 1.165) is 0 Å². The highest BCUT2D eigenvalue weighted by Crippen LogP contribution is 2.37. The molecule has 0 atom stereocenters. The normalized spacial score (nSPS) is 24.3. The Hall–Kier alpha value is -1.47. The molecule has 0 aromatic carbocycles. The molecule has 1 spiro atoms. The van der Waals surface area contributed by atoms with Gasteiger partial charge in [-0.15, -0.1) is 5.10 Å². The molecule has 19 heavy (non-hydrogen) atoms. The summed E-state index contributed by atoms with van der Waals surface area (Å²) in [6, 6.07) is 0. The van der Waals surface area contributed by atoms with E-state index in [1.807, 2.05) is 13.8 Å². The molecule has 0 saturated carbocycles. The SMILES string of the molecule is Cn1cc(C(=O)N2CC3(COC(C)(C)OC3)C2)nn1. The number of nitrogens with zero attached hydrogens (tertiary/aromatic N) is 4. The molecule has 1 amide bonds. The number of hydrogen-bond acceptors (Lipinski definition) is 5. The van der Waals surface area contributed by atoms with Crippen molar-refractivity contribution in [2.45, 2.75) is 19.6 Å². The Kier molecular flexibility index (Phi) is 2.65. The van der Waals surface area contributed by atoms with Crippen LogP contribution >= 0.6 is 0 Å². The summed E-state index contributed by atoms with van der Waals surface area (Å²) in [5.74, 6) is -0.593. The van der Waals surface area contributed by atoms with Crippen LogP contribution in [-0.4, -0.2) is 57.9 Å². The van der Waals surface area contributed by atoms with Gasteiger partial charge in [0, 0.05) is 20.1 Å². The predicted molar refractivity (Wildman–Crippen MR) is 65.3 cm³/mol. The first kappa shape index (κ1) is 12.6. The summed E-state index contributed by atoms with van der Waals surface area (Å²) >= 11 is 0. The lowest BCUT2D eigenvalue weighted by molar-refractivity contribution is -0.301. The van der Waals surface area contributed by atoms with Crippen LogP contribution in [0.4, 0.5) is 0 Å². The topological polar surface area (TPSA) is 69.5 Å². The smallest absolute Gasteiger partial charge is 0.276 e. The number of rotatable bonds is 1. The fourth-order valence-electron chi connectivity index (χ4n) is 2.43. The molecular weight excluding hydrogens is 248 g/mol. The van der Waals surface area contributed by atoms with Crippen molar-refractivity contribution in [1.29, 1.82) is 0 Å². The van der Waals surface area contributed by atoms with E-state index in [1.165, 1.54) is 4.68 Å². The van der Waals surface area contributed by atoms with Gasteiger partial charge in [-0.25, -0.2) is 0 Å². The molecule has 0 unspecified atom stereocenters. The third-order valence-corrected chi connectivity index (χ3v) is 3.61. The first-order valence-corrected chi connectivity index (χ1v) is 6.33. The van der Waals surface area contributed by atoms with Gasteiger partial charge in [-0.3, -0.25) is 9.48 Å². The van der Waals surface area contributed by atoms with Gasteiger partial charge in [0.1, 0.15) is 0 Å². The third-order valence-electron chi connectivity index (χ3n) is 3.61. The minimum atomic E-state index is -0.513. The average Bonchev–Trinajstić information content (AvgIpc) is 2.73. The summed E-state index contributed by atoms with van der Waals surface area (Å²) < 4.78 is 12.9. The van der Waals surface area contributed by atoms with Gasteiger partial charge in [-0.1, -0.05) is 5.21 Å². The fraction of sp³-hybridized carbons (Fsp3) is 0.750. The van der Waals surface area contributed by atoms with E-state index in [4.69, 9.17) is 9.47 Å². The van der Waals surface area contributed by atoms with Crippen LogP contribution in [-0.2, 0) is 16.5 Å². The van der Waals surface area contributed by atoms with Crippen LogP contribution in [0.1, 0.15) is 24.3 Å². The van der Waals surface area contributed by atoms with Crippen molar-refractivity contribution in [3.8, 4) is 0 Å². The second-order valence-electron chi connectivity index (χ2n) is 5.92. The lowest BCUT2D eigenvalue weighted by Crippen LogP contribution is -2.65. The van der Waals surface area contributed by atoms with Crippen molar-refractivity contribution in [1.82, 2.24) is 19.9 Å². The van der Waals surface area contributed by atoms with E-state index in [9.17, 15) is 4.79 Å². The summed E-state index contributed by atoms with van der Waals surface area (Å²) in [7, 11) is 1.74. The number of carbonyl (C=O) groups is 1. The second-order valence-corrected chi connectivity index (χ2v) is 5.92. The van der Waals surface area contributed by atoms with Crippen molar-refractivity contribution in [2.24, 2.45) is 12.5 Å². The van der Waals surface area contributed by atoms with Crippen LogP contribution in [0.25, 0.3) is 0 Å². The zero-order chi connectivity index (χ0) is 13.7. The van der Waals surface area contributed by atoms with E-state index in [0.29, 0.717) is 32.0 Å². The Balaban J connectivity index is 1.60. The van der Waals surface area contributed by atoms with Crippen molar-refractivity contribution in [3.63, 3.8) is 0 Å². The Morgan fingerprint density at radius 1 is 1.32 bits per heavy atom. The molecule has 1 aromatic rings. The van der Waals surface area contributed by atoms with E-state index in [2.05, 4.69) is 10.3 Å². The maximum absolute atomic E-state index is 12.1. The van der Waals surface area contributed by atoms with Gasteiger partial charge < -0.3 is 14.4 Å². The van der Waals surface area contributed by atoms with E-state index in [1.54, 1.807) is 18.1 Å². The van der Waals surface area contributed by atoms with Gasteiger partial charge in [0.2, 0.25) is 0 Å². The van der Waals surface area contributed by atoms with Crippen molar-refractivity contribution in [2.75, 3.05) is 26.3 Å². The molecule has 2 saturated heterocycles. The van der Waals surface area contributed by atoms with Gasteiger partial charge in [0.25, 0.3) is 5.91 Å². The number of aromatic nitrogens is 3. The molecule has 3 heterocycles. The third kappa shape index (κ3) is 2.23. The molecule has 0 bridgehead atoms. The quantitative estimate of drug-likeness (QED) is 0.718. The first-order chi connectivity index (χ1) is 8.89. The molecule has 7 nitrogen and oxygen atoms in total. The monoisotopic (exact) mass is 266 g/mol. The summed E-state index contributed by atoms with van der Waals surface area (Å²) in [4.78, 5) is 13.9. The van der Waals surface area contributed by atoms with Gasteiger partial charge in [-0.2, -0.15) is 0 Å². The number of aryl methyl sites for hydroxylation is 1. The Bertz CT molecular complexity index is 493. The molecule has 0 N–H and O–H groups in total. The highest BCUT2D eigenvalue weighted by Gasteiger charge is 2.50. The molecular formula is C12H18N4O3. The molecule has 1 aromatic heterocycles. The van der Waals surface area contributed by atoms with Crippen LogP contribution in [0.5, 0.6) is 0 Å². The molecule has 3 rings (SSSR count). The molecule has 2 aliphatic heterocycles. The minimum absolute atomic E-state index is 0.0482. The van der Waals surface area contributed by atoms with E-state index in [-0.39, 0.29) is 11.3 Å². The Labute approximate surface area is 111 Å². The number of ether oxygens (including phenoxy) is 2. The highest BCUT2D eigenvalue weighted by molar-refractivity contribution is 5.92. The van der Waals surface area contributed by atoms with Crippen LogP contribution in [0.15, 0.2) is 6.20 Å².